The number of phenols is 1. The molecule has 112 valence electrons. The molecule has 1 unspecified atom stereocenters. The minimum absolute atomic E-state index is 0.0629. The highest BCUT2D eigenvalue weighted by atomic mass is 35.5. The van der Waals surface area contributed by atoms with Gasteiger partial charge in [-0.15, -0.1) is 11.6 Å². The molecule has 0 bridgehead atoms. The summed E-state index contributed by atoms with van der Waals surface area (Å²) in [6, 6.07) is 6.84. The van der Waals surface area contributed by atoms with Crippen molar-refractivity contribution in [2.75, 3.05) is 11.6 Å². The molecule has 0 heterocycles. The number of halogens is 1. The van der Waals surface area contributed by atoms with Gasteiger partial charge in [0.05, 0.1) is 5.75 Å². The lowest BCUT2D eigenvalue weighted by Gasteiger charge is -2.23. The molecule has 0 saturated heterocycles. The molecule has 1 aromatic rings. The van der Waals surface area contributed by atoms with Gasteiger partial charge in [-0.05, 0) is 36.5 Å². The van der Waals surface area contributed by atoms with E-state index >= 15 is 0 Å². The van der Waals surface area contributed by atoms with Crippen LogP contribution in [0, 0.1) is 5.92 Å². The van der Waals surface area contributed by atoms with Gasteiger partial charge in [0.2, 0.25) is 10.0 Å². The van der Waals surface area contributed by atoms with Gasteiger partial charge in [-0.2, -0.15) is 4.31 Å². The van der Waals surface area contributed by atoms with Crippen molar-refractivity contribution in [3.05, 3.63) is 29.8 Å². The Bertz CT molecular complexity index is 557. The number of rotatable bonds is 7. The van der Waals surface area contributed by atoms with E-state index in [-0.39, 0.29) is 23.5 Å². The Morgan fingerprint density at radius 1 is 1.45 bits per heavy atom. The topological polar surface area (TPSA) is 57.6 Å². The number of sulfonamides is 1. The van der Waals surface area contributed by atoms with Crippen LogP contribution in [-0.2, 0) is 16.6 Å². The molecule has 0 aromatic heterocycles. The van der Waals surface area contributed by atoms with Crippen molar-refractivity contribution in [3.63, 3.8) is 0 Å². The number of hydrogen-bond acceptors (Lipinski definition) is 3. The number of nitrogens with zero attached hydrogens (tertiary/aromatic N) is 1. The largest absolute Gasteiger partial charge is 0.508 e. The number of aromatic hydroxyl groups is 1. The van der Waals surface area contributed by atoms with Gasteiger partial charge in [0, 0.05) is 18.5 Å². The van der Waals surface area contributed by atoms with Crippen LogP contribution < -0.4 is 0 Å². The van der Waals surface area contributed by atoms with Crippen LogP contribution in [0.4, 0.5) is 0 Å². The second-order valence-electron chi connectivity index (χ2n) is 5.48. The molecule has 0 aliphatic heterocycles. The third kappa shape index (κ3) is 4.11. The summed E-state index contributed by atoms with van der Waals surface area (Å²) in [4.78, 5) is 0. The summed E-state index contributed by atoms with van der Waals surface area (Å²) in [5.41, 5.74) is 0.805. The second-order valence-corrected chi connectivity index (χ2v) is 7.76. The van der Waals surface area contributed by atoms with Gasteiger partial charge in [0.25, 0.3) is 0 Å². The van der Waals surface area contributed by atoms with E-state index in [4.69, 9.17) is 11.6 Å². The van der Waals surface area contributed by atoms with Crippen molar-refractivity contribution in [3.8, 4) is 5.75 Å². The molecule has 1 aliphatic rings. The van der Waals surface area contributed by atoms with Crippen molar-refractivity contribution < 1.29 is 13.5 Å². The van der Waals surface area contributed by atoms with E-state index in [0.717, 1.165) is 18.4 Å². The number of hydrogen-bond donors (Lipinski definition) is 1. The molecule has 1 atom stereocenters. The third-order valence-corrected chi connectivity index (χ3v) is 5.98. The molecule has 1 fully saturated rings. The second kappa shape index (κ2) is 6.33. The smallest absolute Gasteiger partial charge is 0.214 e. The lowest BCUT2D eigenvalue weighted by Crippen LogP contribution is -2.36. The van der Waals surface area contributed by atoms with Gasteiger partial charge in [-0.25, -0.2) is 8.42 Å². The Hall–Kier alpha value is -0.780. The maximum Gasteiger partial charge on any atom is 0.214 e. The molecular weight excluding hydrogens is 298 g/mol. The Kier molecular flexibility index (Phi) is 4.94. The lowest BCUT2D eigenvalue weighted by molar-refractivity contribution is 0.393. The van der Waals surface area contributed by atoms with Crippen LogP contribution in [0.15, 0.2) is 24.3 Å². The molecule has 20 heavy (non-hydrogen) atoms. The van der Waals surface area contributed by atoms with E-state index in [1.54, 1.807) is 22.5 Å². The SMILES string of the molecule is CC(CCl)CS(=O)(=O)N(Cc1cccc(O)c1)C1CC1. The van der Waals surface area contributed by atoms with Crippen LogP contribution in [0.25, 0.3) is 0 Å². The van der Waals surface area contributed by atoms with E-state index in [9.17, 15) is 13.5 Å². The van der Waals surface area contributed by atoms with Crippen LogP contribution >= 0.6 is 11.6 Å². The van der Waals surface area contributed by atoms with Crippen LogP contribution in [0.1, 0.15) is 25.3 Å². The summed E-state index contributed by atoms with van der Waals surface area (Å²) < 4.78 is 26.5. The Morgan fingerprint density at radius 2 is 2.15 bits per heavy atom. The number of benzene rings is 1. The molecule has 0 spiro atoms. The fourth-order valence-electron chi connectivity index (χ4n) is 2.15. The van der Waals surface area contributed by atoms with Gasteiger partial charge in [-0.3, -0.25) is 0 Å². The Labute approximate surface area is 125 Å². The first kappa shape index (κ1) is 15.6. The molecule has 2 rings (SSSR count). The minimum Gasteiger partial charge on any atom is -0.508 e. The molecule has 0 amide bonds. The van der Waals surface area contributed by atoms with Crippen LogP contribution in [-0.4, -0.2) is 35.5 Å². The standard InChI is InChI=1S/C14H20ClNO3S/c1-11(8-15)10-20(18,19)16(13-5-6-13)9-12-3-2-4-14(17)7-12/h2-4,7,11,13,17H,5-6,8-10H2,1H3. The average molecular weight is 318 g/mol. The summed E-state index contributed by atoms with van der Waals surface area (Å²) >= 11 is 5.72. The molecule has 1 N–H and O–H groups in total. The van der Waals surface area contributed by atoms with Crippen molar-refractivity contribution in [2.45, 2.75) is 32.4 Å². The molecular formula is C14H20ClNO3S. The van der Waals surface area contributed by atoms with Gasteiger partial charge < -0.3 is 5.11 Å². The van der Waals surface area contributed by atoms with E-state index in [0.29, 0.717) is 12.4 Å². The molecule has 1 saturated carbocycles. The Morgan fingerprint density at radius 3 is 2.70 bits per heavy atom. The van der Waals surface area contributed by atoms with Crippen LogP contribution in [0.3, 0.4) is 0 Å². The van der Waals surface area contributed by atoms with E-state index in [1.165, 1.54) is 0 Å². The van der Waals surface area contributed by atoms with Crippen molar-refractivity contribution in [1.82, 2.24) is 4.31 Å². The summed E-state index contributed by atoms with van der Waals surface area (Å²) in [7, 11) is -3.31. The van der Waals surface area contributed by atoms with Gasteiger partial charge in [-0.1, -0.05) is 19.1 Å². The summed E-state index contributed by atoms with van der Waals surface area (Å²) in [6.45, 7) is 2.15. The zero-order valence-corrected chi connectivity index (χ0v) is 13.1. The number of alkyl halides is 1. The average Bonchev–Trinajstić information content (AvgIpc) is 3.19. The highest BCUT2D eigenvalue weighted by Gasteiger charge is 2.37. The normalized spacial score (nSPS) is 17.4. The fraction of sp³-hybridized carbons (Fsp3) is 0.571. The number of phenolic OH excluding ortho intramolecular Hbond substituents is 1. The van der Waals surface area contributed by atoms with E-state index in [2.05, 4.69) is 0 Å². The fourth-order valence-corrected chi connectivity index (χ4v) is 4.43. The van der Waals surface area contributed by atoms with Crippen LogP contribution in [0.2, 0.25) is 0 Å². The van der Waals surface area contributed by atoms with Gasteiger partial charge in [0.15, 0.2) is 0 Å². The third-order valence-electron chi connectivity index (χ3n) is 3.32. The minimum atomic E-state index is -3.31. The van der Waals surface area contributed by atoms with Crippen molar-refractivity contribution in [2.24, 2.45) is 5.92 Å². The predicted molar refractivity (Wildman–Crippen MR) is 80.3 cm³/mol. The highest BCUT2D eigenvalue weighted by molar-refractivity contribution is 7.89. The van der Waals surface area contributed by atoms with Gasteiger partial charge in [0.1, 0.15) is 5.75 Å². The highest BCUT2D eigenvalue weighted by Crippen LogP contribution is 2.32. The monoisotopic (exact) mass is 317 g/mol. The maximum absolute atomic E-state index is 12.5. The quantitative estimate of drug-likeness (QED) is 0.786. The summed E-state index contributed by atoms with van der Waals surface area (Å²) in [6.07, 6.45) is 1.82. The first-order valence-electron chi connectivity index (χ1n) is 6.76. The lowest BCUT2D eigenvalue weighted by atomic mass is 10.2. The van der Waals surface area contributed by atoms with E-state index < -0.39 is 10.0 Å². The summed E-state index contributed by atoms with van der Waals surface area (Å²) in [5.74, 6) is 0.507. The van der Waals surface area contributed by atoms with Gasteiger partial charge >= 0.3 is 0 Å². The molecule has 4 nitrogen and oxygen atoms in total. The maximum atomic E-state index is 12.5. The zero-order valence-electron chi connectivity index (χ0n) is 11.5. The van der Waals surface area contributed by atoms with Crippen molar-refractivity contribution >= 4 is 21.6 Å². The molecule has 1 aromatic carbocycles. The Balaban J connectivity index is 2.15. The molecule has 1 aliphatic carbocycles. The first-order chi connectivity index (χ1) is 9.42. The summed E-state index contributed by atoms with van der Waals surface area (Å²) in [5, 5.41) is 9.48. The molecule has 6 heteroatoms. The zero-order chi connectivity index (χ0) is 14.8. The van der Waals surface area contributed by atoms with Crippen LogP contribution in [0.5, 0.6) is 5.75 Å². The van der Waals surface area contributed by atoms with E-state index in [1.807, 2.05) is 13.0 Å². The van der Waals surface area contributed by atoms with Crippen molar-refractivity contribution in [1.29, 1.82) is 0 Å². The predicted octanol–water partition coefficient (Wildman–Crippen LogP) is 2.56. The molecule has 0 radical (unpaired) electrons. The first-order valence-corrected chi connectivity index (χ1v) is 8.90.